The van der Waals surface area contributed by atoms with Crippen molar-refractivity contribution in [3.63, 3.8) is 0 Å². The summed E-state index contributed by atoms with van der Waals surface area (Å²) in [5.41, 5.74) is 3.02. The molecule has 0 spiro atoms. The maximum absolute atomic E-state index is 13.9. The number of halogens is 1. The van der Waals surface area contributed by atoms with Gasteiger partial charge in [-0.1, -0.05) is 26.0 Å². The molecule has 0 bridgehead atoms. The van der Waals surface area contributed by atoms with Crippen LogP contribution in [0.5, 0.6) is 5.75 Å². The first-order valence-corrected chi connectivity index (χ1v) is 10.3. The van der Waals surface area contributed by atoms with Gasteiger partial charge in [0.15, 0.2) is 0 Å². The van der Waals surface area contributed by atoms with Gasteiger partial charge in [0, 0.05) is 24.1 Å². The predicted molar refractivity (Wildman–Crippen MR) is 110 cm³/mol. The lowest BCUT2D eigenvalue weighted by atomic mass is 9.83. The van der Waals surface area contributed by atoms with Crippen molar-refractivity contribution in [1.82, 2.24) is 5.32 Å². The molecule has 1 heterocycles. The van der Waals surface area contributed by atoms with E-state index in [1.807, 2.05) is 18.2 Å². The lowest BCUT2D eigenvalue weighted by Crippen LogP contribution is -2.45. The number of nitrogens with one attached hydrogen (secondary N) is 2. The molecular weight excluding hydrogens is 371 g/mol. The lowest BCUT2D eigenvalue weighted by Gasteiger charge is -2.41. The molecule has 3 N–H and O–H groups in total. The zero-order chi connectivity index (χ0) is 20.6. The monoisotopic (exact) mass is 398 g/mol. The topological polar surface area (TPSA) is 70.6 Å². The average Bonchev–Trinajstić information content (AvgIpc) is 3.09. The molecule has 2 aromatic rings. The number of amides is 2. The third-order valence-corrected chi connectivity index (χ3v) is 6.26. The van der Waals surface area contributed by atoms with Crippen LogP contribution in [-0.4, -0.2) is 22.8 Å². The average molecular weight is 398 g/mol. The van der Waals surface area contributed by atoms with Crippen LogP contribution in [0.3, 0.4) is 0 Å². The van der Waals surface area contributed by atoms with Crippen LogP contribution in [0.25, 0.3) is 0 Å². The number of aliphatic hydroxyl groups excluding tert-OH is 1. The van der Waals surface area contributed by atoms with Gasteiger partial charge in [-0.15, -0.1) is 0 Å². The van der Waals surface area contributed by atoms with Crippen molar-refractivity contribution >= 4 is 11.7 Å². The summed E-state index contributed by atoms with van der Waals surface area (Å²) in [6.45, 7) is 4.13. The molecule has 0 saturated carbocycles. The Balaban J connectivity index is 1.56. The van der Waals surface area contributed by atoms with E-state index >= 15 is 0 Å². The van der Waals surface area contributed by atoms with E-state index in [0.717, 1.165) is 24.0 Å². The van der Waals surface area contributed by atoms with Crippen LogP contribution < -0.4 is 15.4 Å². The molecule has 5 nitrogen and oxygen atoms in total. The summed E-state index contributed by atoms with van der Waals surface area (Å²) in [7, 11) is 0. The van der Waals surface area contributed by atoms with E-state index in [9.17, 15) is 14.3 Å². The number of benzene rings is 2. The summed E-state index contributed by atoms with van der Waals surface area (Å²) < 4.78 is 20.1. The van der Waals surface area contributed by atoms with E-state index in [0.29, 0.717) is 36.3 Å². The third kappa shape index (κ3) is 3.81. The highest BCUT2D eigenvalue weighted by Crippen LogP contribution is 2.43. The van der Waals surface area contributed by atoms with Crippen molar-refractivity contribution in [1.29, 1.82) is 0 Å². The molecule has 0 unspecified atom stereocenters. The maximum atomic E-state index is 13.9. The van der Waals surface area contributed by atoms with Crippen LogP contribution in [0.4, 0.5) is 14.9 Å². The molecule has 2 aromatic carbocycles. The molecule has 29 heavy (non-hydrogen) atoms. The van der Waals surface area contributed by atoms with Crippen LogP contribution in [-0.2, 0) is 12.8 Å². The van der Waals surface area contributed by atoms with E-state index in [4.69, 9.17) is 4.74 Å². The van der Waals surface area contributed by atoms with E-state index in [1.165, 1.54) is 12.1 Å². The highest BCUT2D eigenvalue weighted by Gasteiger charge is 2.39. The summed E-state index contributed by atoms with van der Waals surface area (Å²) in [6.07, 6.45) is 2.90. The smallest absolute Gasteiger partial charge is 0.319 e. The second-order valence-corrected chi connectivity index (χ2v) is 8.03. The van der Waals surface area contributed by atoms with Crippen LogP contribution in [0, 0.1) is 5.82 Å². The van der Waals surface area contributed by atoms with E-state index in [-0.39, 0.29) is 23.5 Å². The number of hydrogen-bond donors (Lipinski definition) is 3. The molecule has 154 valence electrons. The van der Waals surface area contributed by atoms with Crippen LogP contribution >= 0.6 is 0 Å². The largest absolute Gasteiger partial charge is 0.487 e. The van der Waals surface area contributed by atoms with Gasteiger partial charge in [0.05, 0.1) is 12.1 Å². The highest BCUT2D eigenvalue weighted by molar-refractivity contribution is 5.90. The second kappa shape index (κ2) is 7.67. The number of urea groups is 1. The zero-order valence-electron chi connectivity index (χ0n) is 16.8. The Morgan fingerprint density at radius 2 is 2.03 bits per heavy atom. The normalized spacial score (nSPS) is 21.7. The SMILES string of the molecule is CCC1(CC)C[C@@H](NC(=O)Nc2cccc3c2C[C@H](O)C3)c2cc(F)ccc2O1. The number of ether oxygens (including phenoxy) is 1. The Morgan fingerprint density at radius 1 is 1.24 bits per heavy atom. The summed E-state index contributed by atoms with van der Waals surface area (Å²) in [5, 5.41) is 15.9. The summed E-state index contributed by atoms with van der Waals surface area (Å²) in [5.74, 6) is 0.269. The quantitative estimate of drug-likeness (QED) is 0.711. The fraction of sp³-hybridized carbons (Fsp3) is 0.435. The molecule has 0 radical (unpaired) electrons. The van der Waals surface area contributed by atoms with Crippen LogP contribution in [0.2, 0.25) is 0 Å². The van der Waals surface area contributed by atoms with Gasteiger partial charge in [0.1, 0.15) is 17.2 Å². The first-order valence-electron chi connectivity index (χ1n) is 10.3. The summed E-state index contributed by atoms with van der Waals surface area (Å²) in [4.78, 5) is 12.8. The van der Waals surface area contributed by atoms with Crippen molar-refractivity contribution in [3.8, 4) is 5.75 Å². The van der Waals surface area contributed by atoms with Crippen molar-refractivity contribution in [2.45, 2.75) is 63.7 Å². The molecule has 1 aliphatic carbocycles. The maximum Gasteiger partial charge on any atom is 0.319 e. The van der Waals surface area contributed by atoms with Crippen molar-refractivity contribution in [2.24, 2.45) is 0 Å². The number of fused-ring (bicyclic) bond motifs is 2. The summed E-state index contributed by atoms with van der Waals surface area (Å²) in [6, 6.07) is 9.47. The summed E-state index contributed by atoms with van der Waals surface area (Å²) >= 11 is 0. The predicted octanol–water partition coefficient (Wildman–Crippen LogP) is 4.49. The molecule has 4 rings (SSSR count). The van der Waals surface area contributed by atoms with Crippen LogP contribution in [0.1, 0.15) is 55.8 Å². The van der Waals surface area contributed by atoms with E-state index < -0.39 is 6.10 Å². The van der Waals surface area contributed by atoms with Crippen molar-refractivity contribution in [2.75, 3.05) is 5.32 Å². The second-order valence-electron chi connectivity index (χ2n) is 8.03. The van der Waals surface area contributed by atoms with Crippen molar-refractivity contribution < 1.29 is 19.0 Å². The fourth-order valence-corrected chi connectivity index (χ4v) is 4.52. The van der Waals surface area contributed by atoms with Gasteiger partial charge in [-0.2, -0.15) is 0 Å². The third-order valence-electron chi connectivity index (χ3n) is 6.26. The number of anilines is 1. The molecule has 6 heteroatoms. The van der Waals surface area contributed by atoms with Gasteiger partial charge >= 0.3 is 6.03 Å². The molecule has 1 aliphatic heterocycles. The number of carbonyl (C=O) groups excluding carboxylic acids is 1. The minimum Gasteiger partial charge on any atom is -0.487 e. The van der Waals surface area contributed by atoms with Gasteiger partial charge in [-0.3, -0.25) is 0 Å². The first-order chi connectivity index (χ1) is 13.9. The number of aliphatic hydroxyl groups is 1. The standard InChI is InChI=1S/C23H27FN2O3/c1-3-23(4-2)13-20(18-11-15(24)8-9-21(18)29-23)26-22(28)25-19-7-5-6-14-10-16(27)12-17(14)19/h5-9,11,16,20,27H,3-4,10,12-13H2,1-2H3,(H2,25,26,28)/t16-,20-/m1/s1. The zero-order valence-corrected chi connectivity index (χ0v) is 16.8. The first kappa shape index (κ1) is 19.7. The lowest BCUT2D eigenvalue weighted by molar-refractivity contribution is 0.0245. The number of carbonyl (C=O) groups is 1. The molecule has 2 amide bonds. The molecule has 0 fully saturated rings. The molecule has 2 atom stereocenters. The number of rotatable bonds is 4. The highest BCUT2D eigenvalue weighted by atomic mass is 19.1. The Bertz CT molecular complexity index is 926. The van der Waals surface area contributed by atoms with Gasteiger partial charge in [0.2, 0.25) is 0 Å². The molecule has 2 aliphatic rings. The minimum absolute atomic E-state index is 0.344. The minimum atomic E-state index is -0.406. The molecular formula is C23H27FN2O3. The number of hydrogen-bond acceptors (Lipinski definition) is 3. The Morgan fingerprint density at radius 3 is 2.79 bits per heavy atom. The Labute approximate surface area is 170 Å². The molecule has 0 saturated heterocycles. The van der Waals surface area contributed by atoms with Gasteiger partial charge in [-0.05, 0) is 54.7 Å². The fourth-order valence-electron chi connectivity index (χ4n) is 4.52. The molecule has 0 aromatic heterocycles. The van der Waals surface area contributed by atoms with Crippen molar-refractivity contribution in [3.05, 3.63) is 58.9 Å². The van der Waals surface area contributed by atoms with Gasteiger partial charge in [0.25, 0.3) is 0 Å². The van der Waals surface area contributed by atoms with Gasteiger partial charge < -0.3 is 20.5 Å². The van der Waals surface area contributed by atoms with Gasteiger partial charge in [-0.25, -0.2) is 9.18 Å². The van der Waals surface area contributed by atoms with Crippen LogP contribution in [0.15, 0.2) is 36.4 Å². The van der Waals surface area contributed by atoms with E-state index in [1.54, 1.807) is 6.07 Å². The van der Waals surface area contributed by atoms with E-state index in [2.05, 4.69) is 24.5 Å². The Hall–Kier alpha value is -2.60. The Kier molecular flexibility index (Phi) is 5.21.